The number of aryl methyl sites for hydroxylation is 1. The van der Waals surface area contributed by atoms with Gasteiger partial charge in [-0.25, -0.2) is 0 Å². The number of thioether (sulfide) groups is 1. The van der Waals surface area contributed by atoms with Crippen molar-refractivity contribution >= 4 is 35.2 Å². The Morgan fingerprint density at radius 1 is 1.13 bits per heavy atom. The van der Waals surface area contributed by atoms with Gasteiger partial charge in [0.15, 0.2) is 0 Å². The highest BCUT2D eigenvalue weighted by Gasteiger charge is 2.28. The van der Waals surface area contributed by atoms with E-state index >= 15 is 0 Å². The molecule has 0 fully saturated rings. The van der Waals surface area contributed by atoms with Gasteiger partial charge in [0.05, 0.1) is 5.75 Å². The van der Waals surface area contributed by atoms with E-state index in [1.165, 1.54) is 0 Å². The highest BCUT2D eigenvalue weighted by Crippen LogP contribution is 2.20. The first-order chi connectivity index (χ1) is 14.8. The second-order valence-corrected chi connectivity index (χ2v) is 9.56. The van der Waals surface area contributed by atoms with Crippen LogP contribution in [-0.4, -0.2) is 35.1 Å². The van der Waals surface area contributed by atoms with E-state index in [0.717, 1.165) is 16.7 Å². The summed E-state index contributed by atoms with van der Waals surface area (Å²) in [5, 5.41) is 3.70. The van der Waals surface area contributed by atoms with Gasteiger partial charge in [0, 0.05) is 23.9 Å². The number of halogens is 1. The molecular formula is C25H33ClN2O2S. The topological polar surface area (TPSA) is 49.4 Å². The molecule has 0 bridgehead atoms. The van der Waals surface area contributed by atoms with Crippen molar-refractivity contribution in [2.75, 3.05) is 12.3 Å². The Morgan fingerprint density at radius 2 is 1.87 bits per heavy atom. The van der Waals surface area contributed by atoms with Crippen molar-refractivity contribution in [1.29, 1.82) is 0 Å². The lowest BCUT2D eigenvalue weighted by Crippen LogP contribution is -2.50. The van der Waals surface area contributed by atoms with Crippen LogP contribution in [0.3, 0.4) is 0 Å². The summed E-state index contributed by atoms with van der Waals surface area (Å²) in [7, 11) is 0. The number of nitrogens with zero attached hydrogens (tertiary/aromatic N) is 1. The van der Waals surface area contributed by atoms with Crippen LogP contribution in [0.2, 0.25) is 5.02 Å². The predicted octanol–water partition coefficient (Wildman–Crippen LogP) is 5.46. The molecule has 4 nitrogen and oxygen atoms in total. The van der Waals surface area contributed by atoms with Crippen molar-refractivity contribution in [3.8, 4) is 0 Å². The molecule has 2 rings (SSSR count). The molecule has 1 unspecified atom stereocenters. The lowest BCUT2D eigenvalue weighted by Gasteiger charge is -2.31. The van der Waals surface area contributed by atoms with Crippen LogP contribution in [0, 0.1) is 12.8 Å². The molecule has 0 aromatic heterocycles. The molecule has 2 amide bonds. The van der Waals surface area contributed by atoms with E-state index in [1.807, 2.05) is 62.4 Å². The van der Waals surface area contributed by atoms with E-state index < -0.39 is 6.04 Å². The van der Waals surface area contributed by atoms with Gasteiger partial charge in [0.1, 0.15) is 6.04 Å². The number of nitrogens with one attached hydrogen (secondary N) is 1. The molecule has 1 N–H and O–H groups in total. The number of rotatable bonds is 11. The molecule has 6 heteroatoms. The lowest BCUT2D eigenvalue weighted by molar-refractivity contribution is -0.139. The Kier molecular flexibility index (Phi) is 10.4. The van der Waals surface area contributed by atoms with Gasteiger partial charge in [-0.15, -0.1) is 11.8 Å². The Labute approximate surface area is 195 Å². The van der Waals surface area contributed by atoms with Crippen molar-refractivity contribution in [2.24, 2.45) is 5.92 Å². The van der Waals surface area contributed by atoms with Gasteiger partial charge in [-0.2, -0.15) is 0 Å². The maximum absolute atomic E-state index is 13.3. The van der Waals surface area contributed by atoms with E-state index in [0.29, 0.717) is 42.0 Å². The zero-order valence-electron chi connectivity index (χ0n) is 18.9. The van der Waals surface area contributed by atoms with Crippen LogP contribution in [0.25, 0.3) is 0 Å². The smallest absolute Gasteiger partial charge is 0.242 e. The van der Waals surface area contributed by atoms with Crippen LogP contribution in [-0.2, 0) is 21.9 Å². The molecule has 0 aliphatic heterocycles. The Hall–Kier alpha value is -1.98. The van der Waals surface area contributed by atoms with Crippen LogP contribution in [0.1, 0.15) is 43.9 Å². The van der Waals surface area contributed by atoms with E-state index in [4.69, 9.17) is 11.6 Å². The summed E-state index contributed by atoms with van der Waals surface area (Å²) in [6.45, 7) is 9.14. The van der Waals surface area contributed by atoms with E-state index in [2.05, 4.69) is 19.2 Å². The van der Waals surface area contributed by atoms with Gasteiger partial charge in [0.2, 0.25) is 11.8 Å². The molecule has 0 radical (unpaired) electrons. The average molecular weight is 461 g/mol. The van der Waals surface area contributed by atoms with Crippen molar-refractivity contribution in [1.82, 2.24) is 10.2 Å². The molecule has 2 aromatic carbocycles. The Morgan fingerprint density at radius 3 is 2.52 bits per heavy atom. The molecule has 0 saturated heterocycles. The van der Waals surface area contributed by atoms with Crippen molar-refractivity contribution in [2.45, 2.75) is 52.5 Å². The first kappa shape index (κ1) is 25.3. The second-order valence-electron chi connectivity index (χ2n) is 8.13. The summed E-state index contributed by atoms with van der Waals surface area (Å²) in [6, 6.07) is 15.2. The largest absolute Gasteiger partial charge is 0.354 e. The average Bonchev–Trinajstić information content (AvgIpc) is 2.73. The highest BCUT2D eigenvalue weighted by atomic mass is 35.5. The summed E-state index contributed by atoms with van der Waals surface area (Å²) < 4.78 is 0. The molecule has 2 aromatic rings. The quantitative estimate of drug-likeness (QED) is 0.484. The van der Waals surface area contributed by atoms with Gasteiger partial charge < -0.3 is 10.2 Å². The van der Waals surface area contributed by atoms with Gasteiger partial charge in [0.25, 0.3) is 0 Å². The summed E-state index contributed by atoms with van der Waals surface area (Å²) in [5.74, 6) is 1.25. The van der Waals surface area contributed by atoms with Crippen LogP contribution in [0.4, 0.5) is 0 Å². The molecule has 1 atom stereocenters. The highest BCUT2D eigenvalue weighted by molar-refractivity contribution is 7.99. The van der Waals surface area contributed by atoms with Crippen molar-refractivity contribution in [3.63, 3.8) is 0 Å². The van der Waals surface area contributed by atoms with E-state index in [-0.39, 0.29) is 11.8 Å². The normalized spacial score (nSPS) is 11.9. The van der Waals surface area contributed by atoms with Gasteiger partial charge in [-0.1, -0.05) is 68.8 Å². The summed E-state index contributed by atoms with van der Waals surface area (Å²) in [6.07, 6.45) is 0.570. The molecule has 0 aliphatic carbocycles. The van der Waals surface area contributed by atoms with Crippen LogP contribution >= 0.6 is 23.4 Å². The minimum Gasteiger partial charge on any atom is -0.354 e. The number of hydrogen-bond acceptors (Lipinski definition) is 3. The molecular weight excluding hydrogens is 428 g/mol. The third-order valence-electron chi connectivity index (χ3n) is 5.06. The number of hydrogen-bond donors (Lipinski definition) is 1. The van der Waals surface area contributed by atoms with Gasteiger partial charge >= 0.3 is 0 Å². The van der Waals surface area contributed by atoms with Crippen LogP contribution in [0.5, 0.6) is 0 Å². The second kappa shape index (κ2) is 12.8. The first-order valence-corrected chi connectivity index (χ1v) is 12.3. The zero-order chi connectivity index (χ0) is 22.8. The molecule has 168 valence electrons. The maximum Gasteiger partial charge on any atom is 0.242 e. The van der Waals surface area contributed by atoms with Gasteiger partial charge in [-0.3, -0.25) is 9.59 Å². The molecule has 0 heterocycles. The lowest BCUT2D eigenvalue weighted by atomic mass is 10.1. The van der Waals surface area contributed by atoms with E-state index in [1.54, 1.807) is 16.7 Å². The maximum atomic E-state index is 13.3. The molecule has 31 heavy (non-hydrogen) atoms. The fraction of sp³-hybridized carbons (Fsp3) is 0.440. The number of benzene rings is 2. The van der Waals surface area contributed by atoms with Crippen molar-refractivity contribution in [3.05, 3.63) is 70.2 Å². The first-order valence-electron chi connectivity index (χ1n) is 10.8. The van der Waals surface area contributed by atoms with Crippen molar-refractivity contribution < 1.29 is 9.59 Å². The molecule has 0 aliphatic rings. The summed E-state index contributed by atoms with van der Waals surface area (Å²) in [4.78, 5) is 27.9. The minimum atomic E-state index is -0.488. The third-order valence-corrected chi connectivity index (χ3v) is 6.28. The third kappa shape index (κ3) is 8.23. The number of carbonyl (C=O) groups excluding carboxylic acids is 2. The number of amides is 2. The Balaban J connectivity index is 2.13. The summed E-state index contributed by atoms with van der Waals surface area (Å²) >= 11 is 7.60. The predicted molar refractivity (Wildman–Crippen MR) is 131 cm³/mol. The summed E-state index contributed by atoms with van der Waals surface area (Å²) in [5.41, 5.74) is 3.26. The van der Waals surface area contributed by atoms with E-state index in [9.17, 15) is 9.59 Å². The minimum absolute atomic E-state index is 0.0261. The fourth-order valence-electron chi connectivity index (χ4n) is 3.28. The molecule has 0 saturated carbocycles. The van der Waals surface area contributed by atoms with Crippen LogP contribution < -0.4 is 5.32 Å². The Bertz CT molecular complexity index is 872. The molecule has 0 spiro atoms. The monoisotopic (exact) mass is 460 g/mol. The SMILES string of the molecule is CCC(C(=O)NCC(C)C)N(Cc1ccccc1C)C(=O)CSCc1cccc(Cl)c1. The van der Waals surface area contributed by atoms with Crippen LogP contribution in [0.15, 0.2) is 48.5 Å². The zero-order valence-corrected chi connectivity index (χ0v) is 20.4. The van der Waals surface area contributed by atoms with Gasteiger partial charge in [-0.05, 0) is 48.1 Å². The standard InChI is InChI=1S/C25H33ClN2O2S/c1-5-23(25(30)27-14-18(2)3)28(15-21-11-7-6-9-19(21)4)24(29)17-31-16-20-10-8-12-22(26)13-20/h6-13,18,23H,5,14-17H2,1-4H3,(H,27,30). The fourth-order valence-corrected chi connectivity index (χ4v) is 4.35. The number of carbonyl (C=O) groups is 2.